The Bertz CT molecular complexity index is 3140. The molecule has 0 aliphatic heterocycles. The third-order valence-electron chi connectivity index (χ3n) is 11.9. The van der Waals surface area contributed by atoms with Crippen LogP contribution in [0.15, 0.2) is 194 Å². The molecule has 2 aromatic heterocycles. The number of hydrogen-bond donors (Lipinski definition) is 0. The summed E-state index contributed by atoms with van der Waals surface area (Å²) < 4.78 is 0. The average molecular weight is 725 g/mol. The topological polar surface area (TPSA) is 51.6 Å². The van der Waals surface area contributed by atoms with E-state index in [-0.39, 0.29) is 0 Å². The Balaban J connectivity index is 1.14. The van der Waals surface area contributed by atoms with Crippen LogP contribution in [-0.4, -0.2) is 19.9 Å². The molecule has 264 valence electrons. The number of benzene rings is 8. The lowest BCUT2D eigenvalue weighted by molar-refractivity contribution is 0.794. The first kappa shape index (κ1) is 31.8. The molecule has 0 saturated heterocycles. The van der Waals surface area contributed by atoms with Gasteiger partial charge in [-0.2, -0.15) is 0 Å². The summed E-state index contributed by atoms with van der Waals surface area (Å²) in [4.78, 5) is 20.7. The fourth-order valence-corrected chi connectivity index (χ4v) is 9.58. The highest BCUT2D eigenvalue weighted by atomic mass is 15.0. The number of fused-ring (bicyclic) bond motifs is 14. The maximum absolute atomic E-state index is 5.54. The second-order valence-corrected chi connectivity index (χ2v) is 14.9. The van der Waals surface area contributed by atoms with E-state index in [1.54, 1.807) is 0 Å². The van der Waals surface area contributed by atoms with Crippen LogP contribution in [0.3, 0.4) is 0 Å². The van der Waals surface area contributed by atoms with Crippen LogP contribution < -0.4 is 0 Å². The summed E-state index contributed by atoms with van der Waals surface area (Å²) in [6, 6.07) is 69.0. The molecule has 12 rings (SSSR count). The van der Waals surface area contributed by atoms with Crippen LogP contribution in [-0.2, 0) is 5.41 Å². The fourth-order valence-electron chi connectivity index (χ4n) is 9.58. The molecule has 0 radical (unpaired) electrons. The Morgan fingerprint density at radius 1 is 0.316 bits per heavy atom. The molecule has 0 bridgehead atoms. The summed E-state index contributed by atoms with van der Waals surface area (Å²) >= 11 is 0. The van der Waals surface area contributed by atoms with Gasteiger partial charge in [-0.05, 0) is 62.0 Å². The summed E-state index contributed by atoms with van der Waals surface area (Å²) in [5.74, 6) is 1.88. The zero-order valence-corrected chi connectivity index (χ0v) is 30.8. The summed E-state index contributed by atoms with van der Waals surface area (Å²) in [6.45, 7) is 0. The van der Waals surface area contributed by atoms with Crippen molar-refractivity contribution in [3.63, 3.8) is 0 Å². The summed E-state index contributed by atoms with van der Waals surface area (Å²) in [6.07, 6.45) is 0. The van der Waals surface area contributed by atoms with Crippen LogP contribution in [0, 0.1) is 0 Å². The van der Waals surface area contributed by atoms with E-state index in [4.69, 9.17) is 19.9 Å². The van der Waals surface area contributed by atoms with Crippen LogP contribution in [0.5, 0.6) is 0 Å². The Morgan fingerprint density at radius 2 is 0.807 bits per heavy atom. The third-order valence-corrected chi connectivity index (χ3v) is 11.9. The summed E-state index contributed by atoms with van der Waals surface area (Å²) in [5, 5.41) is 3.47. The lowest BCUT2D eigenvalue weighted by atomic mass is 9.70. The second kappa shape index (κ2) is 12.2. The lowest BCUT2D eigenvalue weighted by Crippen LogP contribution is -2.25. The molecule has 0 N–H and O–H groups in total. The number of para-hydroxylation sites is 1. The molecule has 4 nitrogen and oxygen atoms in total. The van der Waals surface area contributed by atoms with Crippen LogP contribution in [0.2, 0.25) is 0 Å². The number of pyridine rings is 1. The van der Waals surface area contributed by atoms with Crippen molar-refractivity contribution < 1.29 is 0 Å². The number of rotatable bonds is 4. The minimum Gasteiger partial charge on any atom is -0.247 e. The van der Waals surface area contributed by atoms with Crippen molar-refractivity contribution in [3.8, 4) is 67.7 Å². The van der Waals surface area contributed by atoms with Gasteiger partial charge in [0, 0.05) is 33.0 Å². The molecule has 4 heteroatoms. The normalized spacial score (nSPS) is 13.1. The maximum Gasteiger partial charge on any atom is 0.164 e. The Labute approximate surface area is 329 Å². The quantitative estimate of drug-likeness (QED) is 0.170. The van der Waals surface area contributed by atoms with E-state index in [9.17, 15) is 0 Å². The first-order valence-corrected chi connectivity index (χ1v) is 19.4. The van der Waals surface area contributed by atoms with E-state index in [2.05, 4.69) is 133 Å². The molecule has 57 heavy (non-hydrogen) atoms. The minimum absolute atomic E-state index is 0.454. The monoisotopic (exact) mass is 724 g/mol. The van der Waals surface area contributed by atoms with Gasteiger partial charge in [-0.3, -0.25) is 0 Å². The van der Waals surface area contributed by atoms with Gasteiger partial charge >= 0.3 is 0 Å². The van der Waals surface area contributed by atoms with Crippen LogP contribution in [0.1, 0.15) is 22.3 Å². The Kier molecular flexibility index (Phi) is 6.81. The number of nitrogens with zero attached hydrogens (tertiary/aromatic N) is 4. The van der Waals surface area contributed by atoms with Gasteiger partial charge in [-0.15, -0.1) is 0 Å². The smallest absolute Gasteiger partial charge is 0.164 e. The zero-order chi connectivity index (χ0) is 37.5. The lowest BCUT2D eigenvalue weighted by Gasteiger charge is -2.30. The van der Waals surface area contributed by atoms with Gasteiger partial charge in [0.1, 0.15) is 0 Å². The standard InChI is InChI=1S/C53H32N4/c1-3-16-33(17-4-1)50-55-51(34-18-5-2-6-19-34)57-52(56-50)36-21-15-20-35(32-36)49-48-40(39-24-10-14-29-46(39)54-49)30-31-45-47(48)41-25-9-13-28-44(41)53(45)42-26-11-7-22-37(42)38-23-8-12-27-43(38)53/h1-32H. The average Bonchev–Trinajstić information content (AvgIpc) is 3.77. The van der Waals surface area contributed by atoms with Gasteiger partial charge in [0.05, 0.1) is 16.6 Å². The molecule has 0 fully saturated rings. The highest BCUT2D eigenvalue weighted by Crippen LogP contribution is 2.64. The molecule has 0 atom stereocenters. The molecule has 2 heterocycles. The molecular weight excluding hydrogens is 693 g/mol. The van der Waals surface area contributed by atoms with Crippen molar-refractivity contribution in [1.29, 1.82) is 0 Å². The first-order valence-electron chi connectivity index (χ1n) is 19.4. The first-order chi connectivity index (χ1) is 28.3. The molecule has 10 aromatic rings. The predicted molar refractivity (Wildman–Crippen MR) is 231 cm³/mol. The van der Waals surface area contributed by atoms with E-state index in [0.717, 1.165) is 44.2 Å². The van der Waals surface area contributed by atoms with Gasteiger partial charge in [0.2, 0.25) is 0 Å². The van der Waals surface area contributed by atoms with Crippen molar-refractivity contribution in [1.82, 2.24) is 19.9 Å². The molecular formula is C53H32N4. The summed E-state index contributed by atoms with van der Waals surface area (Å²) in [7, 11) is 0. The second-order valence-electron chi connectivity index (χ2n) is 14.9. The Hall–Kier alpha value is -7.56. The largest absolute Gasteiger partial charge is 0.247 e. The summed E-state index contributed by atoms with van der Waals surface area (Å²) in [5.41, 5.74) is 15.6. The minimum atomic E-state index is -0.454. The van der Waals surface area contributed by atoms with E-state index < -0.39 is 5.41 Å². The van der Waals surface area contributed by atoms with Gasteiger partial charge in [-0.1, -0.05) is 182 Å². The molecule has 8 aromatic carbocycles. The van der Waals surface area contributed by atoms with Crippen molar-refractivity contribution in [3.05, 3.63) is 216 Å². The van der Waals surface area contributed by atoms with Gasteiger partial charge in [0.25, 0.3) is 0 Å². The van der Waals surface area contributed by atoms with Gasteiger partial charge in [0.15, 0.2) is 17.5 Å². The zero-order valence-electron chi connectivity index (χ0n) is 30.8. The third kappa shape index (κ3) is 4.56. The van der Waals surface area contributed by atoms with Crippen molar-refractivity contribution in [2.24, 2.45) is 0 Å². The van der Waals surface area contributed by atoms with Crippen LogP contribution in [0.4, 0.5) is 0 Å². The van der Waals surface area contributed by atoms with E-state index >= 15 is 0 Å². The Morgan fingerprint density at radius 3 is 1.46 bits per heavy atom. The van der Waals surface area contributed by atoms with Crippen molar-refractivity contribution in [2.45, 2.75) is 5.41 Å². The fraction of sp³-hybridized carbons (Fsp3) is 0.0189. The molecule has 0 unspecified atom stereocenters. The number of hydrogen-bond acceptors (Lipinski definition) is 4. The van der Waals surface area contributed by atoms with E-state index in [1.165, 1.54) is 49.9 Å². The SMILES string of the molecule is c1ccc(-c2nc(-c3ccccc3)nc(-c3cccc(-c4nc5ccccc5c5ccc6c(c45)-c4ccccc4C64c5ccccc5-c5ccccc54)c3)n2)cc1. The van der Waals surface area contributed by atoms with Gasteiger partial charge < -0.3 is 0 Å². The maximum atomic E-state index is 5.54. The van der Waals surface area contributed by atoms with Crippen LogP contribution >= 0.6 is 0 Å². The highest BCUT2D eigenvalue weighted by molar-refractivity contribution is 6.19. The van der Waals surface area contributed by atoms with Crippen molar-refractivity contribution in [2.75, 3.05) is 0 Å². The molecule has 1 spiro atoms. The highest BCUT2D eigenvalue weighted by Gasteiger charge is 2.52. The van der Waals surface area contributed by atoms with E-state index in [0.29, 0.717) is 17.5 Å². The molecule has 0 saturated carbocycles. The molecule has 2 aliphatic carbocycles. The van der Waals surface area contributed by atoms with Crippen molar-refractivity contribution >= 4 is 21.7 Å². The van der Waals surface area contributed by atoms with Crippen LogP contribution in [0.25, 0.3) is 89.4 Å². The molecule has 2 aliphatic rings. The van der Waals surface area contributed by atoms with E-state index in [1.807, 2.05) is 60.7 Å². The van der Waals surface area contributed by atoms with Gasteiger partial charge in [-0.25, -0.2) is 19.9 Å². The number of aromatic nitrogens is 4. The predicted octanol–water partition coefficient (Wildman–Crippen LogP) is 12.6. The molecule has 0 amide bonds.